The van der Waals surface area contributed by atoms with Gasteiger partial charge in [0, 0.05) is 46.2 Å². The van der Waals surface area contributed by atoms with Crippen molar-refractivity contribution in [3.63, 3.8) is 0 Å². The van der Waals surface area contributed by atoms with E-state index >= 15 is 0 Å². The molecule has 200 valence electrons. The first-order valence-corrected chi connectivity index (χ1v) is 13.2. The van der Waals surface area contributed by atoms with E-state index in [1.165, 1.54) is 22.2 Å². The Morgan fingerprint density at radius 3 is 2.54 bits per heavy atom. The van der Waals surface area contributed by atoms with Crippen LogP contribution in [0.3, 0.4) is 0 Å². The number of morpholine rings is 1. The Hall–Kier alpha value is -3.29. The third-order valence-corrected chi connectivity index (χ3v) is 8.58. The van der Waals surface area contributed by atoms with E-state index in [-0.39, 0.29) is 60.5 Å². The van der Waals surface area contributed by atoms with Crippen molar-refractivity contribution in [3.05, 3.63) is 53.3 Å². The van der Waals surface area contributed by atoms with E-state index in [2.05, 4.69) is 16.9 Å². The zero-order valence-electron chi connectivity index (χ0n) is 21.0. The van der Waals surface area contributed by atoms with Crippen LogP contribution in [0.5, 0.6) is 0 Å². The number of aliphatic imine (C=N–C) groups is 1. The van der Waals surface area contributed by atoms with Gasteiger partial charge in [-0.25, -0.2) is 17.8 Å². The SMILES string of the molecule is C=C1C(O)=C(C(=O)NCc2ccc(F)cc2S(=O)(=O)N2CCN(C(C)=O)CC2)N=C2N1CCOC2(C)C. The maximum absolute atomic E-state index is 14.1. The quantitative estimate of drug-likeness (QED) is 0.577. The average Bonchev–Trinajstić information content (AvgIpc) is 2.85. The van der Waals surface area contributed by atoms with Crippen molar-refractivity contribution in [2.24, 2.45) is 4.99 Å². The van der Waals surface area contributed by atoms with E-state index in [0.29, 0.717) is 19.0 Å². The summed E-state index contributed by atoms with van der Waals surface area (Å²) in [6.45, 7) is 9.99. The number of sulfonamides is 1. The van der Waals surface area contributed by atoms with E-state index < -0.39 is 33.1 Å². The van der Waals surface area contributed by atoms with Gasteiger partial charge in [0.1, 0.15) is 17.3 Å². The Morgan fingerprint density at radius 1 is 1.22 bits per heavy atom. The predicted molar refractivity (Wildman–Crippen MR) is 132 cm³/mol. The number of halogens is 1. The van der Waals surface area contributed by atoms with E-state index in [1.54, 1.807) is 18.7 Å². The largest absolute Gasteiger partial charge is 0.504 e. The molecule has 0 radical (unpaired) electrons. The maximum atomic E-state index is 14.1. The van der Waals surface area contributed by atoms with Crippen LogP contribution in [-0.2, 0) is 30.9 Å². The normalized spacial score (nSPS) is 20.4. The van der Waals surface area contributed by atoms with Gasteiger partial charge in [0.25, 0.3) is 5.91 Å². The summed E-state index contributed by atoms with van der Waals surface area (Å²) in [7, 11) is -4.11. The van der Waals surface area contributed by atoms with Gasteiger partial charge in [-0.2, -0.15) is 4.31 Å². The molecule has 2 fully saturated rings. The van der Waals surface area contributed by atoms with Crippen molar-refractivity contribution >= 4 is 27.7 Å². The Balaban J connectivity index is 1.56. The number of amidine groups is 1. The molecule has 1 aromatic carbocycles. The summed E-state index contributed by atoms with van der Waals surface area (Å²) >= 11 is 0. The lowest BCUT2D eigenvalue weighted by Crippen LogP contribution is -2.54. The van der Waals surface area contributed by atoms with Gasteiger partial charge in [0.05, 0.1) is 17.2 Å². The molecule has 0 bridgehead atoms. The molecule has 3 aliphatic rings. The van der Waals surface area contributed by atoms with Gasteiger partial charge in [-0.3, -0.25) is 9.59 Å². The van der Waals surface area contributed by atoms with Crippen molar-refractivity contribution < 1.29 is 32.2 Å². The smallest absolute Gasteiger partial charge is 0.274 e. The molecule has 4 rings (SSSR count). The molecule has 3 aliphatic heterocycles. The summed E-state index contributed by atoms with van der Waals surface area (Å²) in [5, 5.41) is 13.2. The molecule has 0 spiro atoms. The number of hydrogen-bond acceptors (Lipinski definition) is 8. The minimum Gasteiger partial charge on any atom is -0.504 e. The molecule has 2 N–H and O–H groups in total. The lowest BCUT2D eigenvalue weighted by Gasteiger charge is -2.43. The summed E-state index contributed by atoms with van der Waals surface area (Å²) in [4.78, 5) is 31.9. The number of rotatable bonds is 5. The van der Waals surface area contributed by atoms with Crippen LogP contribution in [0.25, 0.3) is 0 Å². The summed E-state index contributed by atoms with van der Waals surface area (Å²) in [6.07, 6.45) is 0. The zero-order valence-corrected chi connectivity index (χ0v) is 21.8. The maximum Gasteiger partial charge on any atom is 0.274 e. The van der Waals surface area contributed by atoms with E-state index in [4.69, 9.17) is 4.74 Å². The molecule has 11 nitrogen and oxygen atoms in total. The number of hydrogen-bond donors (Lipinski definition) is 2. The molecule has 2 saturated heterocycles. The summed E-state index contributed by atoms with van der Waals surface area (Å²) in [6, 6.07) is 3.30. The average molecular weight is 536 g/mol. The van der Waals surface area contributed by atoms with Crippen LogP contribution in [0.4, 0.5) is 4.39 Å². The number of aliphatic hydroxyl groups is 1. The molecule has 1 aromatic rings. The van der Waals surface area contributed by atoms with Gasteiger partial charge >= 0.3 is 0 Å². The molecule has 0 aromatic heterocycles. The second kappa shape index (κ2) is 9.88. The summed E-state index contributed by atoms with van der Waals surface area (Å²) in [5.74, 6) is -1.62. The van der Waals surface area contributed by atoms with Crippen LogP contribution in [0.15, 0.2) is 51.8 Å². The van der Waals surface area contributed by atoms with Gasteiger partial charge in [-0.15, -0.1) is 0 Å². The van der Waals surface area contributed by atoms with Gasteiger partial charge < -0.3 is 25.0 Å². The molecule has 0 unspecified atom stereocenters. The molecule has 0 saturated carbocycles. The van der Waals surface area contributed by atoms with E-state index in [0.717, 1.165) is 12.1 Å². The van der Waals surface area contributed by atoms with Crippen molar-refractivity contribution in [2.75, 3.05) is 39.3 Å². The Labute approximate surface area is 214 Å². The van der Waals surface area contributed by atoms with Gasteiger partial charge in [0.15, 0.2) is 11.5 Å². The highest BCUT2D eigenvalue weighted by atomic mass is 32.2. The van der Waals surface area contributed by atoms with Crippen molar-refractivity contribution in [2.45, 2.75) is 37.8 Å². The standard InChI is InChI=1S/C24H30FN5O6S/c1-15-21(32)20(27-23-24(3,4)36-12-11-30(15)23)22(33)26-14-17-5-6-18(25)13-19(17)37(34,35)29-9-7-28(8-10-29)16(2)31/h5-6,13,32H,1,7-12,14H2,2-4H3,(H,26,33). The number of nitrogens with one attached hydrogen (secondary N) is 1. The van der Waals surface area contributed by atoms with Crippen molar-refractivity contribution in [1.82, 2.24) is 19.4 Å². The summed E-state index contributed by atoms with van der Waals surface area (Å²) < 4.78 is 47.7. The van der Waals surface area contributed by atoms with Crippen LogP contribution in [0.1, 0.15) is 26.3 Å². The number of carbonyl (C=O) groups is 2. The molecular formula is C24H30FN5O6S. The van der Waals surface area contributed by atoms with Gasteiger partial charge in [-0.1, -0.05) is 12.6 Å². The third kappa shape index (κ3) is 5.11. The number of carbonyl (C=O) groups excluding carboxylic acids is 2. The van der Waals surface area contributed by atoms with Crippen molar-refractivity contribution in [3.8, 4) is 0 Å². The fraction of sp³-hybridized carbons (Fsp3) is 0.458. The fourth-order valence-electron chi connectivity index (χ4n) is 4.48. The number of piperazine rings is 1. The molecular weight excluding hydrogens is 505 g/mol. The van der Waals surface area contributed by atoms with Gasteiger partial charge in [0.2, 0.25) is 15.9 Å². The van der Waals surface area contributed by atoms with Crippen LogP contribution < -0.4 is 5.32 Å². The number of amides is 2. The lowest BCUT2D eigenvalue weighted by molar-refractivity contribution is -0.130. The first-order valence-electron chi connectivity index (χ1n) is 11.8. The van der Waals surface area contributed by atoms with Crippen LogP contribution >= 0.6 is 0 Å². The number of ether oxygens (including phenoxy) is 1. The highest BCUT2D eigenvalue weighted by Gasteiger charge is 2.41. The predicted octanol–water partition coefficient (Wildman–Crippen LogP) is 1.10. The Bertz CT molecular complexity index is 1310. The Morgan fingerprint density at radius 2 is 1.89 bits per heavy atom. The Kier molecular flexibility index (Phi) is 7.14. The van der Waals surface area contributed by atoms with E-state index in [9.17, 15) is 27.5 Å². The number of fused-ring (bicyclic) bond motifs is 1. The minimum absolute atomic E-state index is 0.0684. The molecule has 37 heavy (non-hydrogen) atoms. The molecule has 3 heterocycles. The second-order valence-corrected chi connectivity index (χ2v) is 11.3. The monoisotopic (exact) mass is 535 g/mol. The van der Waals surface area contributed by atoms with Crippen molar-refractivity contribution in [1.29, 1.82) is 0 Å². The van der Waals surface area contributed by atoms with Gasteiger partial charge in [-0.05, 0) is 31.5 Å². The molecule has 2 amide bonds. The fourth-order valence-corrected chi connectivity index (χ4v) is 6.14. The molecule has 13 heteroatoms. The highest BCUT2D eigenvalue weighted by molar-refractivity contribution is 7.89. The minimum atomic E-state index is -4.11. The third-order valence-electron chi connectivity index (χ3n) is 6.60. The van der Waals surface area contributed by atoms with Crippen LogP contribution in [0.2, 0.25) is 0 Å². The number of benzene rings is 1. The van der Waals surface area contributed by atoms with Crippen LogP contribution in [-0.4, -0.2) is 90.2 Å². The highest BCUT2D eigenvalue weighted by Crippen LogP contribution is 2.31. The number of nitrogens with zero attached hydrogens (tertiary/aromatic N) is 4. The topological polar surface area (TPSA) is 132 Å². The number of aliphatic hydroxyl groups excluding tert-OH is 1. The summed E-state index contributed by atoms with van der Waals surface area (Å²) in [5.41, 5.74) is -0.727. The lowest BCUT2D eigenvalue weighted by atomic mass is 10.0. The first-order chi connectivity index (χ1) is 17.3. The second-order valence-electron chi connectivity index (χ2n) is 9.43. The zero-order chi connectivity index (χ0) is 27.1. The van der Waals surface area contributed by atoms with E-state index in [1.807, 2.05) is 0 Å². The molecule has 0 atom stereocenters. The molecule has 0 aliphatic carbocycles. The first kappa shape index (κ1) is 26.8. The van der Waals surface area contributed by atoms with Crippen LogP contribution in [0, 0.1) is 5.82 Å².